The summed E-state index contributed by atoms with van der Waals surface area (Å²) >= 11 is 0. The quantitative estimate of drug-likeness (QED) is 0.749. The molecule has 1 heterocycles. The molecule has 6 heteroatoms. The van der Waals surface area contributed by atoms with Crippen molar-refractivity contribution in [1.29, 1.82) is 5.26 Å². The van der Waals surface area contributed by atoms with Crippen LogP contribution in [0, 0.1) is 11.3 Å². The maximum Gasteiger partial charge on any atom is 0.334 e. The van der Waals surface area contributed by atoms with Gasteiger partial charge in [0.25, 0.3) is 0 Å². The fourth-order valence-electron chi connectivity index (χ4n) is 1.37. The van der Waals surface area contributed by atoms with E-state index in [1.165, 1.54) is 18.2 Å². The van der Waals surface area contributed by atoms with Crippen LogP contribution in [-0.4, -0.2) is 13.4 Å². The summed E-state index contributed by atoms with van der Waals surface area (Å²) in [4.78, 5) is 2.18. The van der Waals surface area contributed by atoms with Gasteiger partial charge in [0.2, 0.25) is 0 Å². The minimum atomic E-state index is -4.75. The lowest BCUT2D eigenvalue weighted by Crippen LogP contribution is -1.89. The first-order chi connectivity index (χ1) is 7.02. The van der Waals surface area contributed by atoms with Crippen LogP contribution in [-0.2, 0) is 10.2 Å². The van der Waals surface area contributed by atoms with Crippen LogP contribution >= 0.6 is 0 Å². The lowest BCUT2D eigenvalue weighted by atomic mass is 10.2. The predicted molar refractivity (Wildman–Crippen MR) is 51.3 cm³/mol. The van der Waals surface area contributed by atoms with Crippen molar-refractivity contribution < 1.29 is 12.3 Å². The summed E-state index contributed by atoms with van der Waals surface area (Å²) in [5, 5.41) is 8.82. The Hall–Kier alpha value is -1.87. The number of aromatic amines is 1. The molecule has 0 saturated carbocycles. The van der Waals surface area contributed by atoms with E-state index in [2.05, 4.69) is 4.98 Å². The van der Waals surface area contributed by atoms with E-state index in [0.29, 0.717) is 5.52 Å². The number of halogens is 1. The van der Waals surface area contributed by atoms with Gasteiger partial charge in [-0.2, -0.15) is 13.7 Å². The van der Waals surface area contributed by atoms with E-state index in [9.17, 15) is 12.3 Å². The van der Waals surface area contributed by atoms with Crippen LogP contribution in [0.25, 0.3) is 10.9 Å². The van der Waals surface area contributed by atoms with E-state index in [-0.39, 0.29) is 10.9 Å². The van der Waals surface area contributed by atoms with Gasteiger partial charge in [0.05, 0.1) is 11.6 Å². The molecule has 0 fully saturated rings. The third-order valence-corrected chi connectivity index (χ3v) is 2.90. The number of rotatable bonds is 1. The van der Waals surface area contributed by atoms with Crippen molar-refractivity contribution in [3.05, 3.63) is 30.0 Å². The van der Waals surface area contributed by atoms with E-state index in [0.717, 1.165) is 6.20 Å². The zero-order valence-corrected chi connectivity index (χ0v) is 8.18. The summed E-state index contributed by atoms with van der Waals surface area (Å²) in [6, 6.07) is 6.24. The molecule has 2 aromatic rings. The van der Waals surface area contributed by atoms with Crippen molar-refractivity contribution in [2.24, 2.45) is 0 Å². The minimum Gasteiger partial charge on any atom is -0.360 e. The van der Waals surface area contributed by atoms with Crippen LogP contribution in [0.2, 0.25) is 0 Å². The number of fused-ring (bicyclic) bond motifs is 1. The summed E-state index contributed by atoms with van der Waals surface area (Å²) in [6.07, 6.45) is 1.07. The topological polar surface area (TPSA) is 73.7 Å². The number of aromatic nitrogens is 1. The zero-order chi connectivity index (χ0) is 11.1. The fourth-order valence-corrected chi connectivity index (χ4v) is 2.00. The first kappa shape index (κ1) is 9.68. The Balaban J connectivity index is 2.85. The molecule has 1 N–H and O–H groups in total. The summed E-state index contributed by atoms with van der Waals surface area (Å²) in [5.41, 5.74) is 0.761. The van der Waals surface area contributed by atoms with Crippen molar-refractivity contribution in [2.75, 3.05) is 0 Å². The number of H-pyrrole nitrogens is 1. The number of nitrogens with one attached hydrogen (secondary N) is 1. The number of hydrogen-bond acceptors (Lipinski definition) is 3. The van der Waals surface area contributed by atoms with Gasteiger partial charge < -0.3 is 4.98 Å². The van der Waals surface area contributed by atoms with E-state index < -0.39 is 15.1 Å². The van der Waals surface area contributed by atoms with Gasteiger partial charge in [0.15, 0.2) is 0 Å². The molecule has 1 aromatic heterocycles. The van der Waals surface area contributed by atoms with Crippen molar-refractivity contribution in [3.8, 4) is 6.07 Å². The average molecular weight is 224 g/mol. The molecule has 0 bridgehead atoms. The minimum absolute atomic E-state index is 0.191. The van der Waals surface area contributed by atoms with Gasteiger partial charge in [-0.25, -0.2) is 0 Å². The molecule has 76 valence electrons. The average Bonchev–Trinajstić information content (AvgIpc) is 2.59. The second-order valence-corrected chi connectivity index (χ2v) is 4.28. The molecule has 0 aliphatic carbocycles. The highest BCUT2D eigenvalue weighted by Gasteiger charge is 2.17. The zero-order valence-electron chi connectivity index (χ0n) is 7.36. The molecule has 2 rings (SSSR count). The maximum absolute atomic E-state index is 12.8. The van der Waals surface area contributed by atoms with Crippen LogP contribution in [0.15, 0.2) is 29.3 Å². The second-order valence-electron chi connectivity index (χ2n) is 2.96. The molecule has 0 spiro atoms. The molecule has 0 radical (unpaired) electrons. The molecule has 0 aliphatic rings. The lowest BCUT2D eigenvalue weighted by molar-refractivity contribution is 0.553. The smallest absolute Gasteiger partial charge is 0.334 e. The molecule has 1 aromatic carbocycles. The highest BCUT2D eigenvalue weighted by molar-refractivity contribution is 7.86. The fraction of sp³-hybridized carbons (Fsp3) is 0. The van der Waals surface area contributed by atoms with Crippen molar-refractivity contribution in [2.45, 2.75) is 4.90 Å². The van der Waals surface area contributed by atoms with Gasteiger partial charge in [-0.05, 0) is 18.2 Å². The van der Waals surface area contributed by atoms with Crippen molar-refractivity contribution in [1.82, 2.24) is 4.98 Å². The predicted octanol–water partition coefficient (Wildman–Crippen LogP) is 1.70. The number of nitrogens with zero attached hydrogens (tertiary/aromatic N) is 1. The normalized spacial score (nSPS) is 11.5. The van der Waals surface area contributed by atoms with Gasteiger partial charge in [0, 0.05) is 17.1 Å². The highest BCUT2D eigenvalue weighted by atomic mass is 32.3. The molecule has 0 unspecified atom stereocenters. The Morgan fingerprint density at radius 2 is 2.13 bits per heavy atom. The highest BCUT2D eigenvalue weighted by Crippen LogP contribution is 2.24. The van der Waals surface area contributed by atoms with Crippen LogP contribution in [0.3, 0.4) is 0 Å². The summed E-state index contributed by atoms with van der Waals surface area (Å²) in [5.74, 6) is 0. The Labute approximate surface area is 85.2 Å². The standard InChI is InChI=1S/C9H5FN2O2S/c10-15(13,14)9-5-12-8-2-1-6(4-11)3-7(8)9/h1-3,5,12H. The largest absolute Gasteiger partial charge is 0.360 e. The molecule has 0 atom stereocenters. The van der Waals surface area contributed by atoms with Gasteiger partial charge in [-0.15, -0.1) is 3.89 Å². The molecule has 0 amide bonds. The van der Waals surface area contributed by atoms with Crippen LogP contribution < -0.4 is 0 Å². The monoisotopic (exact) mass is 224 g/mol. The molecule has 0 aliphatic heterocycles. The summed E-state index contributed by atoms with van der Waals surface area (Å²) < 4.78 is 34.3. The van der Waals surface area contributed by atoms with Gasteiger partial charge >= 0.3 is 10.2 Å². The van der Waals surface area contributed by atoms with Gasteiger partial charge in [-0.3, -0.25) is 0 Å². The Kier molecular flexibility index (Phi) is 1.98. The van der Waals surface area contributed by atoms with E-state index in [1.54, 1.807) is 0 Å². The van der Waals surface area contributed by atoms with Crippen molar-refractivity contribution in [3.63, 3.8) is 0 Å². The number of benzene rings is 1. The van der Waals surface area contributed by atoms with Crippen LogP contribution in [0.5, 0.6) is 0 Å². The molecule has 4 nitrogen and oxygen atoms in total. The SMILES string of the molecule is N#Cc1ccc2[nH]cc(S(=O)(=O)F)c2c1. The van der Waals surface area contributed by atoms with Gasteiger partial charge in [-0.1, -0.05) is 0 Å². The molecule has 0 saturated heterocycles. The first-order valence-corrected chi connectivity index (χ1v) is 5.36. The van der Waals surface area contributed by atoms with Crippen LogP contribution in [0.1, 0.15) is 5.56 Å². The first-order valence-electron chi connectivity index (χ1n) is 3.98. The Morgan fingerprint density at radius 3 is 2.73 bits per heavy atom. The second kappa shape index (κ2) is 3.07. The summed E-state index contributed by atoms with van der Waals surface area (Å²) in [6.45, 7) is 0. The lowest BCUT2D eigenvalue weighted by Gasteiger charge is -1.93. The van der Waals surface area contributed by atoms with Crippen molar-refractivity contribution >= 4 is 21.1 Å². The van der Waals surface area contributed by atoms with E-state index in [1.807, 2.05) is 6.07 Å². The molecular formula is C9H5FN2O2S. The number of hydrogen-bond donors (Lipinski definition) is 1. The molecular weight excluding hydrogens is 219 g/mol. The third-order valence-electron chi connectivity index (χ3n) is 2.04. The Morgan fingerprint density at radius 1 is 1.40 bits per heavy atom. The van der Waals surface area contributed by atoms with Crippen LogP contribution in [0.4, 0.5) is 3.89 Å². The number of nitriles is 1. The molecule has 15 heavy (non-hydrogen) atoms. The Bertz CT molecular complexity index is 667. The third kappa shape index (κ3) is 1.57. The van der Waals surface area contributed by atoms with E-state index in [4.69, 9.17) is 5.26 Å². The van der Waals surface area contributed by atoms with E-state index >= 15 is 0 Å². The maximum atomic E-state index is 12.8. The summed E-state index contributed by atoms with van der Waals surface area (Å²) in [7, 11) is -4.75. The van der Waals surface area contributed by atoms with Gasteiger partial charge in [0.1, 0.15) is 4.90 Å².